The first-order chi connectivity index (χ1) is 14.8. The average Bonchev–Trinajstić information content (AvgIpc) is 2.76. The highest BCUT2D eigenvalue weighted by molar-refractivity contribution is 7.92. The standard InChI is InChI=1S/C24H24N2O4S/c1-16-6-5-7-17(2)23(16)26-31(28,29)21-12-10-20(11-13-21)25-24(27)19-14-18-8-3-4-9-22(18)30-15-19/h3-13,19,26H,14-15H2,1-2H3,(H,25,27). The highest BCUT2D eigenvalue weighted by Crippen LogP contribution is 2.28. The summed E-state index contributed by atoms with van der Waals surface area (Å²) >= 11 is 0. The van der Waals surface area contributed by atoms with Gasteiger partial charge < -0.3 is 10.1 Å². The molecule has 4 rings (SSSR count). The third-order valence-corrected chi connectivity index (χ3v) is 6.77. The van der Waals surface area contributed by atoms with E-state index in [-0.39, 0.29) is 16.7 Å². The number of hydrogen-bond acceptors (Lipinski definition) is 4. The number of aryl methyl sites for hydroxylation is 2. The van der Waals surface area contributed by atoms with E-state index in [1.165, 1.54) is 12.1 Å². The normalized spacial score (nSPS) is 15.5. The van der Waals surface area contributed by atoms with Gasteiger partial charge in [-0.15, -0.1) is 0 Å². The van der Waals surface area contributed by atoms with Crippen LogP contribution in [0.1, 0.15) is 16.7 Å². The lowest BCUT2D eigenvalue weighted by Crippen LogP contribution is -2.32. The second kappa shape index (κ2) is 8.43. The summed E-state index contributed by atoms with van der Waals surface area (Å²) in [5, 5.41) is 2.85. The van der Waals surface area contributed by atoms with Gasteiger partial charge in [-0.1, -0.05) is 36.4 Å². The number of para-hydroxylation sites is 2. The van der Waals surface area contributed by atoms with Crippen LogP contribution in [0.15, 0.2) is 71.6 Å². The second-order valence-electron chi connectivity index (χ2n) is 7.71. The van der Waals surface area contributed by atoms with E-state index in [1.807, 2.05) is 56.3 Å². The van der Waals surface area contributed by atoms with Gasteiger partial charge in [-0.2, -0.15) is 0 Å². The molecule has 3 aromatic rings. The van der Waals surface area contributed by atoms with Crippen molar-refractivity contribution in [2.24, 2.45) is 5.92 Å². The molecule has 6 nitrogen and oxygen atoms in total. The van der Waals surface area contributed by atoms with Crippen LogP contribution in [0.4, 0.5) is 11.4 Å². The van der Waals surface area contributed by atoms with Crippen LogP contribution >= 0.6 is 0 Å². The van der Waals surface area contributed by atoms with Crippen molar-refractivity contribution in [3.8, 4) is 5.75 Å². The highest BCUT2D eigenvalue weighted by atomic mass is 32.2. The first kappa shape index (κ1) is 20.9. The number of anilines is 2. The van der Waals surface area contributed by atoms with E-state index in [2.05, 4.69) is 10.0 Å². The molecule has 0 saturated heterocycles. The van der Waals surface area contributed by atoms with Crippen molar-refractivity contribution in [2.75, 3.05) is 16.6 Å². The van der Waals surface area contributed by atoms with Crippen molar-refractivity contribution in [3.05, 3.63) is 83.4 Å². The van der Waals surface area contributed by atoms with E-state index < -0.39 is 10.0 Å². The zero-order chi connectivity index (χ0) is 22.0. The zero-order valence-electron chi connectivity index (χ0n) is 17.4. The lowest BCUT2D eigenvalue weighted by atomic mass is 9.96. The molecule has 7 heteroatoms. The van der Waals surface area contributed by atoms with Crippen LogP contribution < -0.4 is 14.8 Å². The monoisotopic (exact) mass is 436 g/mol. The molecular formula is C24H24N2O4S. The molecule has 0 saturated carbocycles. The summed E-state index contributed by atoms with van der Waals surface area (Å²) in [6.45, 7) is 4.03. The van der Waals surface area contributed by atoms with Gasteiger partial charge in [-0.25, -0.2) is 8.42 Å². The minimum Gasteiger partial charge on any atom is -0.492 e. The van der Waals surface area contributed by atoms with Crippen molar-refractivity contribution in [1.82, 2.24) is 0 Å². The van der Waals surface area contributed by atoms with Crippen LogP contribution in [0.5, 0.6) is 5.75 Å². The van der Waals surface area contributed by atoms with E-state index in [4.69, 9.17) is 4.74 Å². The van der Waals surface area contributed by atoms with E-state index in [0.717, 1.165) is 22.4 Å². The maximum Gasteiger partial charge on any atom is 0.261 e. The predicted molar refractivity (Wildman–Crippen MR) is 121 cm³/mol. The van der Waals surface area contributed by atoms with Crippen molar-refractivity contribution >= 4 is 27.3 Å². The van der Waals surface area contributed by atoms with E-state index in [0.29, 0.717) is 24.4 Å². The lowest BCUT2D eigenvalue weighted by Gasteiger charge is -2.24. The molecule has 0 bridgehead atoms. The van der Waals surface area contributed by atoms with Crippen LogP contribution in [-0.2, 0) is 21.2 Å². The molecule has 0 aromatic heterocycles. The highest BCUT2D eigenvalue weighted by Gasteiger charge is 2.26. The number of fused-ring (bicyclic) bond motifs is 1. The van der Waals surface area contributed by atoms with Crippen molar-refractivity contribution < 1.29 is 17.9 Å². The maximum absolute atomic E-state index is 12.8. The van der Waals surface area contributed by atoms with Crippen molar-refractivity contribution in [2.45, 2.75) is 25.2 Å². The number of carbonyl (C=O) groups excluding carboxylic acids is 1. The van der Waals surface area contributed by atoms with E-state index in [1.54, 1.807) is 12.1 Å². The fraction of sp³-hybridized carbons (Fsp3) is 0.208. The third-order valence-electron chi connectivity index (χ3n) is 5.40. The van der Waals surface area contributed by atoms with Gasteiger partial charge in [0.05, 0.1) is 16.5 Å². The first-order valence-corrected chi connectivity index (χ1v) is 11.5. The number of benzene rings is 3. The molecule has 0 aliphatic carbocycles. The van der Waals surface area contributed by atoms with Crippen LogP contribution in [-0.4, -0.2) is 20.9 Å². The van der Waals surface area contributed by atoms with Gasteiger partial charge in [0, 0.05) is 5.69 Å². The smallest absolute Gasteiger partial charge is 0.261 e. The molecule has 1 aliphatic rings. The first-order valence-electron chi connectivity index (χ1n) is 10.0. The molecular weight excluding hydrogens is 412 g/mol. The summed E-state index contributed by atoms with van der Waals surface area (Å²) in [5.41, 5.74) is 3.83. The fourth-order valence-electron chi connectivity index (χ4n) is 3.63. The topological polar surface area (TPSA) is 84.5 Å². The molecule has 0 radical (unpaired) electrons. The summed E-state index contributed by atoms with van der Waals surface area (Å²) in [6, 6.07) is 19.4. The van der Waals surface area contributed by atoms with Gasteiger partial charge in [0.1, 0.15) is 12.4 Å². The van der Waals surface area contributed by atoms with Crippen molar-refractivity contribution in [3.63, 3.8) is 0 Å². The number of rotatable bonds is 5. The van der Waals surface area contributed by atoms with Gasteiger partial charge in [0.2, 0.25) is 5.91 Å². The summed E-state index contributed by atoms with van der Waals surface area (Å²) in [4.78, 5) is 12.8. The van der Waals surface area contributed by atoms with Gasteiger partial charge in [-0.3, -0.25) is 9.52 Å². The molecule has 1 heterocycles. The van der Waals surface area contributed by atoms with Gasteiger partial charge in [0.25, 0.3) is 10.0 Å². The molecule has 3 aromatic carbocycles. The Bertz CT molecular complexity index is 1200. The van der Waals surface area contributed by atoms with Crippen LogP contribution in [0.3, 0.4) is 0 Å². The predicted octanol–water partition coefficient (Wildman–Crippen LogP) is 4.29. The molecule has 0 fully saturated rings. The molecule has 1 amide bonds. The third kappa shape index (κ3) is 4.56. The Balaban J connectivity index is 1.44. The molecule has 1 aliphatic heterocycles. The number of nitrogens with one attached hydrogen (secondary N) is 2. The maximum atomic E-state index is 12.8. The molecule has 0 spiro atoms. The molecule has 1 atom stereocenters. The summed E-state index contributed by atoms with van der Waals surface area (Å²) in [7, 11) is -3.74. The van der Waals surface area contributed by atoms with Gasteiger partial charge >= 0.3 is 0 Å². The number of sulfonamides is 1. The van der Waals surface area contributed by atoms with Crippen LogP contribution in [0.2, 0.25) is 0 Å². The lowest BCUT2D eigenvalue weighted by molar-refractivity contribution is -0.121. The second-order valence-corrected chi connectivity index (χ2v) is 9.39. The van der Waals surface area contributed by atoms with Crippen LogP contribution in [0.25, 0.3) is 0 Å². The Kier molecular flexibility index (Phi) is 5.69. The Labute approximate surface area is 182 Å². The van der Waals surface area contributed by atoms with Crippen LogP contribution in [0, 0.1) is 19.8 Å². The zero-order valence-corrected chi connectivity index (χ0v) is 18.2. The van der Waals surface area contributed by atoms with E-state index in [9.17, 15) is 13.2 Å². The number of ether oxygens (including phenoxy) is 1. The summed E-state index contributed by atoms with van der Waals surface area (Å²) < 4.78 is 33.9. The summed E-state index contributed by atoms with van der Waals surface area (Å²) in [6.07, 6.45) is 0.605. The fourth-order valence-corrected chi connectivity index (χ4v) is 4.83. The Hall–Kier alpha value is -3.32. The molecule has 31 heavy (non-hydrogen) atoms. The molecule has 2 N–H and O–H groups in total. The largest absolute Gasteiger partial charge is 0.492 e. The number of carbonyl (C=O) groups is 1. The van der Waals surface area contributed by atoms with Gasteiger partial charge in [-0.05, 0) is 67.3 Å². The minimum absolute atomic E-state index is 0.128. The number of amides is 1. The van der Waals surface area contributed by atoms with Crippen molar-refractivity contribution in [1.29, 1.82) is 0 Å². The molecule has 1 unspecified atom stereocenters. The SMILES string of the molecule is Cc1cccc(C)c1NS(=O)(=O)c1ccc(NC(=O)C2COc3ccccc3C2)cc1. The Morgan fingerprint density at radius 1 is 0.935 bits per heavy atom. The van der Waals surface area contributed by atoms with Gasteiger partial charge in [0.15, 0.2) is 0 Å². The minimum atomic E-state index is -3.74. The van der Waals surface area contributed by atoms with E-state index >= 15 is 0 Å². The average molecular weight is 437 g/mol. The Morgan fingerprint density at radius 3 is 2.32 bits per heavy atom. The number of hydrogen-bond donors (Lipinski definition) is 2. The quantitative estimate of drug-likeness (QED) is 0.625. The molecule has 160 valence electrons. The Morgan fingerprint density at radius 2 is 1.61 bits per heavy atom. The summed E-state index contributed by atoms with van der Waals surface area (Å²) in [5.74, 6) is 0.361.